The third-order valence-electron chi connectivity index (χ3n) is 4.24. The summed E-state index contributed by atoms with van der Waals surface area (Å²) in [5, 5.41) is 3.10. The number of aryl methyl sites for hydroxylation is 1. The molecule has 28 heavy (non-hydrogen) atoms. The number of benzene rings is 2. The highest BCUT2D eigenvalue weighted by atomic mass is 35.5. The molecule has 2 rings (SSSR count). The van der Waals surface area contributed by atoms with Crippen LogP contribution in [0.5, 0.6) is 5.75 Å². The van der Waals surface area contributed by atoms with Gasteiger partial charge < -0.3 is 10.1 Å². The average molecular weight is 425 g/mol. The Morgan fingerprint density at radius 3 is 2.46 bits per heavy atom. The van der Waals surface area contributed by atoms with Crippen molar-refractivity contribution < 1.29 is 17.9 Å². The van der Waals surface area contributed by atoms with Crippen LogP contribution in [0.15, 0.2) is 53.4 Å². The van der Waals surface area contributed by atoms with Crippen molar-refractivity contribution in [3.63, 3.8) is 0 Å². The van der Waals surface area contributed by atoms with Crippen LogP contribution in [0, 0.1) is 0 Å². The van der Waals surface area contributed by atoms with Crippen LogP contribution in [0.2, 0.25) is 5.02 Å². The van der Waals surface area contributed by atoms with Gasteiger partial charge in [0.15, 0.2) is 0 Å². The molecule has 2 aromatic carbocycles. The summed E-state index contributed by atoms with van der Waals surface area (Å²) in [6, 6.07) is 13.2. The van der Waals surface area contributed by atoms with Gasteiger partial charge >= 0.3 is 0 Å². The van der Waals surface area contributed by atoms with Crippen molar-refractivity contribution in [2.75, 3.05) is 7.11 Å². The van der Waals surface area contributed by atoms with Crippen molar-refractivity contribution in [1.29, 1.82) is 0 Å². The van der Waals surface area contributed by atoms with Crippen LogP contribution < -0.4 is 14.8 Å². The van der Waals surface area contributed by atoms with E-state index in [1.54, 1.807) is 0 Å². The van der Waals surface area contributed by atoms with Crippen LogP contribution >= 0.6 is 11.6 Å². The molecule has 2 aromatic rings. The normalized spacial score (nSPS) is 13.6. The fraction of sp³-hybridized carbons (Fsp3) is 0.350. The number of halogens is 1. The van der Waals surface area contributed by atoms with Crippen molar-refractivity contribution in [2.24, 2.45) is 0 Å². The predicted molar refractivity (Wildman–Crippen MR) is 110 cm³/mol. The minimum absolute atomic E-state index is 0.0969. The molecule has 0 aliphatic carbocycles. The van der Waals surface area contributed by atoms with E-state index in [1.165, 1.54) is 37.8 Å². The van der Waals surface area contributed by atoms with Gasteiger partial charge in [-0.2, -0.15) is 4.72 Å². The van der Waals surface area contributed by atoms with Gasteiger partial charge in [0.25, 0.3) is 0 Å². The lowest BCUT2D eigenvalue weighted by molar-refractivity contribution is -0.123. The fourth-order valence-corrected chi connectivity index (χ4v) is 4.31. The lowest BCUT2D eigenvalue weighted by atomic mass is 10.1. The molecule has 0 heterocycles. The number of rotatable bonds is 9. The van der Waals surface area contributed by atoms with E-state index in [0.29, 0.717) is 0 Å². The highest BCUT2D eigenvalue weighted by Gasteiger charge is 2.26. The van der Waals surface area contributed by atoms with E-state index in [2.05, 4.69) is 10.0 Å². The van der Waals surface area contributed by atoms with Crippen molar-refractivity contribution >= 4 is 27.5 Å². The van der Waals surface area contributed by atoms with Gasteiger partial charge in [0.1, 0.15) is 10.6 Å². The summed E-state index contributed by atoms with van der Waals surface area (Å²) >= 11 is 5.91. The second-order valence-electron chi connectivity index (χ2n) is 6.57. The minimum atomic E-state index is -3.98. The molecular weight excluding hydrogens is 400 g/mol. The zero-order valence-electron chi connectivity index (χ0n) is 16.1. The SMILES string of the molecule is COc1ccc(Cl)cc1S(=O)(=O)N[C@@H](C)C(=O)N[C@H](C)CCc1ccccc1. The Bertz CT molecular complexity index is 904. The summed E-state index contributed by atoms with van der Waals surface area (Å²) in [4.78, 5) is 12.3. The van der Waals surface area contributed by atoms with E-state index in [-0.39, 0.29) is 21.7 Å². The minimum Gasteiger partial charge on any atom is -0.495 e. The second kappa shape index (κ2) is 9.91. The number of hydrogen-bond acceptors (Lipinski definition) is 4. The molecule has 8 heteroatoms. The smallest absolute Gasteiger partial charge is 0.245 e. The first-order valence-corrected chi connectivity index (χ1v) is 10.8. The van der Waals surface area contributed by atoms with Crippen molar-refractivity contribution in [3.05, 3.63) is 59.1 Å². The third kappa shape index (κ3) is 6.22. The first-order chi connectivity index (χ1) is 13.2. The summed E-state index contributed by atoms with van der Waals surface area (Å²) in [5.74, 6) is -0.245. The Kier molecular flexibility index (Phi) is 7.86. The van der Waals surface area contributed by atoms with Gasteiger partial charge in [-0.25, -0.2) is 8.42 Å². The molecule has 0 spiro atoms. The van der Waals surface area contributed by atoms with Crippen LogP contribution in [0.3, 0.4) is 0 Å². The monoisotopic (exact) mass is 424 g/mol. The molecule has 2 atom stereocenters. The van der Waals surface area contributed by atoms with E-state index in [9.17, 15) is 13.2 Å². The van der Waals surface area contributed by atoms with Gasteiger partial charge in [0, 0.05) is 11.1 Å². The highest BCUT2D eigenvalue weighted by Crippen LogP contribution is 2.27. The van der Waals surface area contributed by atoms with E-state index >= 15 is 0 Å². The first-order valence-electron chi connectivity index (χ1n) is 8.93. The van der Waals surface area contributed by atoms with Gasteiger partial charge in [-0.3, -0.25) is 4.79 Å². The predicted octanol–water partition coefficient (Wildman–Crippen LogP) is 3.15. The maximum atomic E-state index is 12.6. The molecule has 0 unspecified atom stereocenters. The van der Waals surface area contributed by atoms with Crippen LogP contribution in [0.1, 0.15) is 25.8 Å². The fourth-order valence-electron chi connectivity index (χ4n) is 2.68. The number of nitrogens with one attached hydrogen (secondary N) is 2. The molecule has 0 aliphatic heterocycles. The van der Waals surface area contributed by atoms with Gasteiger partial charge in [-0.05, 0) is 50.5 Å². The largest absolute Gasteiger partial charge is 0.495 e. The lowest BCUT2D eigenvalue weighted by Gasteiger charge is -2.19. The maximum Gasteiger partial charge on any atom is 0.245 e. The molecule has 0 aliphatic rings. The highest BCUT2D eigenvalue weighted by molar-refractivity contribution is 7.89. The Hall–Kier alpha value is -2.09. The van der Waals surface area contributed by atoms with E-state index in [1.807, 2.05) is 37.3 Å². The molecule has 152 valence electrons. The summed E-state index contributed by atoms with van der Waals surface area (Å²) < 4.78 is 32.8. The molecule has 0 fully saturated rings. The lowest BCUT2D eigenvalue weighted by Crippen LogP contribution is -2.47. The Morgan fingerprint density at radius 2 is 1.82 bits per heavy atom. The number of sulfonamides is 1. The van der Waals surface area contributed by atoms with Crippen LogP contribution in [0.4, 0.5) is 0 Å². The molecule has 6 nitrogen and oxygen atoms in total. The molecule has 0 saturated carbocycles. The van der Waals surface area contributed by atoms with Crippen LogP contribution in [-0.4, -0.2) is 33.5 Å². The third-order valence-corrected chi connectivity index (χ3v) is 6.03. The number of amides is 1. The molecule has 0 radical (unpaired) electrons. The van der Waals surface area contributed by atoms with Crippen molar-refractivity contribution in [1.82, 2.24) is 10.0 Å². The Balaban J connectivity index is 1.96. The zero-order valence-corrected chi connectivity index (χ0v) is 17.7. The van der Waals surface area contributed by atoms with E-state index < -0.39 is 22.0 Å². The van der Waals surface area contributed by atoms with Crippen LogP contribution in [-0.2, 0) is 21.2 Å². The topological polar surface area (TPSA) is 84.5 Å². The number of ether oxygens (including phenoxy) is 1. The zero-order chi connectivity index (χ0) is 20.7. The van der Waals surface area contributed by atoms with Crippen LogP contribution in [0.25, 0.3) is 0 Å². The first kappa shape index (κ1) is 22.2. The number of hydrogen-bond donors (Lipinski definition) is 2. The van der Waals surface area contributed by atoms with Crippen molar-refractivity contribution in [2.45, 2.75) is 43.7 Å². The summed E-state index contributed by atoms with van der Waals surface area (Å²) in [6.45, 7) is 3.38. The average Bonchev–Trinajstić information content (AvgIpc) is 2.66. The van der Waals surface area contributed by atoms with E-state index in [0.717, 1.165) is 12.8 Å². The number of carbonyl (C=O) groups is 1. The molecule has 0 saturated heterocycles. The second-order valence-corrected chi connectivity index (χ2v) is 8.69. The van der Waals surface area contributed by atoms with E-state index in [4.69, 9.17) is 16.3 Å². The van der Waals surface area contributed by atoms with Gasteiger partial charge in [0.2, 0.25) is 15.9 Å². The summed E-state index contributed by atoms with van der Waals surface area (Å²) in [5.41, 5.74) is 1.19. The van der Waals surface area contributed by atoms with Gasteiger partial charge in [-0.15, -0.1) is 0 Å². The van der Waals surface area contributed by atoms with Gasteiger partial charge in [-0.1, -0.05) is 41.9 Å². The maximum absolute atomic E-state index is 12.6. The molecular formula is C20H25ClN2O4S. The number of carbonyl (C=O) groups excluding carboxylic acids is 1. The molecule has 0 bridgehead atoms. The molecule has 0 aromatic heterocycles. The standard InChI is InChI=1S/C20H25ClN2O4S/c1-14(9-10-16-7-5-4-6-8-16)22-20(24)15(2)23-28(25,26)19-13-17(21)11-12-18(19)27-3/h4-8,11-15,23H,9-10H2,1-3H3,(H,22,24)/t14-,15+/m1/s1. The molecule has 1 amide bonds. The van der Waals surface area contributed by atoms with Crippen molar-refractivity contribution in [3.8, 4) is 5.75 Å². The number of methoxy groups -OCH3 is 1. The summed E-state index contributed by atoms with van der Waals surface area (Å²) in [6.07, 6.45) is 1.57. The van der Waals surface area contributed by atoms with Gasteiger partial charge in [0.05, 0.1) is 13.2 Å². The molecule has 2 N–H and O–H groups in total. The Morgan fingerprint density at radius 1 is 1.14 bits per heavy atom. The summed E-state index contributed by atoms with van der Waals surface area (Å²) in [7, 11) is -2.61. The quantitative estimate of drug-likeness (QED) is 0.647. The Labute approximate surface area is 171 Å².